The third-order valence-corrected chi connectivity index (χ3v) is 5.40. The molecule has 0 aliphatic rings. The molecule has 3 aromatic rings. The Morgan fingerprint density at radius 3 is 2.69 bits per heavy atom. The summed E-state index contributed by atoms with van der Waals surface area (Å²) in [7, 11) is 0. The van der Waals surface area contributed by atoms with E-state index in [2.05, 4.69) is 25.6 Å². The van der Waals surface area contributed by atoms with Crippen molar-refractivity contribution in [2.75, 3.05) is 11.1 Å². The molecular weight excluding hydrogens is 410 g/mol. The second-order valence-corrected chi connectivity index (χ2v) is 7.93. The van der Waals surface area contributed by atoms with Crippen molar-refractivity contribution in [1.82, 2.24) is 20.3 Å². The van der Waals surface area contributed by atoms with Crippen LogP contribution >= 0.6 is 23.1 Å². The number of benzene rings is 1. The maximum absolute atomic E-state index is 12.1. The summed E-state index contributed by atoms with van der Waals surface area (Å²) in [5.41, 5.74) is 1.79. The molecule has 3 rings (SSSR count). The predicted octanol–water partition coefficient (Wildman–Crippen LogP) is 2.12. The molecule has 0 bridgehead atoms. The quantitative estimate of drug-likeness (QED) is 0.373. The van der Waals surface area contributed by atoms with E-state index in [4.69, 9.17) is 0 Å². The zero-order valence-corrected chi connectivity index (χ0v) is 17.2. The molecule has 10 heteroatoms. The van der Waals surface area contributed by atoms with Gasteiger partial charge in [-0.25, -0.2) is 9.97 Å². The van der Waals surface area contributed by atoms with Crippen LogP contribution in [-0.2, 0) is 22.6 Å². The van der Waals surface area contributed by atoms with Crippen molar-refractivity contribution in [3.63, 3.8) is 0 Å². The fourth-order valence-electron chi connectivity index (χ4n) is 2.37. The number of thioether (sulfide) groups is 1. The highest BCUT2D eigenvalue weighted by atomic mass is 32.2. The number of H-pyrrole nitrogens is 1. The van der Waals surface area contributed by atoms with E-state index >= 15 is 0 Å². The molecule has 0 radical (unpaired) electrons. The number of anilines is 1. The van der Waals surface area contributed by atoms with Crippen LogP contribution < -0.4 is 16.2 Å². The first kappa shape index (κ1) is 20.7. The summed E-state index contributed by atoms with van der Waals surface area (Å²) in [5, 5.41) is 8.14. The van der Waals surface area contributed by atoms with Crippen LogP contribution in [0, 0.1) is 6.92 Å². The van der Waals surface area contributed by atoms with Gasteiger partial charge in [0, 0.05) is 18.0 Å². The number of rotatable bonds is 8. The van der Waals surface area contributed by atoms with Gasteiger partial charge in [-0.15, -0.1) is 11.3 Å². The van der Waals surface area contributed by atoms with Crippen LogP contribution in [0.5, 0.6) is 0 Å². The van der Waals surface area contributed by atoms with Gasteiger partial charge < -0.3 is 15.6 Å². The standard InChI is InChI=1S/C19H19N5O3S2/c1-12-10-28-18(21-12)24-17(27)11-29-19-22-14(8-16(26)23-19)7-15(25)20-9-13-5-3-2-4-6-13/h2-6,8,10H,7,9,11H2,1H3,(H,20,25)(H,21,24,27)(H,22,23,26). The monoisotopic (exact) mass is 429 g/mol. The van der Waals surface area contributed by atoms with Crippen LogP contribution in [0.15, 0.2) is 51.7 Å². The lowest BCUT2D eigenvalue weighted by Gasteiger charge is -2.06. The van der Waals surface area contributed by atoms with Crippen molar-refractivity contribution >= 4 is 40.0 Å². The van der Waals surface area contributed by atoms with Gasteiger partial charge in [0.15, 0.2) is 10.3 Å². The largest absolute Gasteiger partial charge is 0.352 e. The van der Waals surface area contributed by atoms with Crippen LogP contribution in [0.2, 0.25) is 0 Å². The van der Waals surface area contributed by atoms with E-state index in [0.29, 0.717) is 17.4 Å². The lowest BCUT2D eigenvalue weighted by Crippen LogP contribution is -2.26. The van der Waals surface area contributed by atoms with Crippen LogP contribution in [0.3, 0.4) is 0 Å². The Labute approximate surface area is 175 Å². The fraction of sp³-hybridized carbons (Fsp3) is 0.211. The number of thiazole rings is 1. The van der Waals surface area contributed by atoms with Gasteiger partial charge in [0.1, 0.15) is 0 Å². The van der Waals surface area contributed by atoms with E-state index in [1.165, 1.54) is 17.4 Å². The zero-order valence-electron chi connectivity index (χ0n) is 15.6. The molecule has 8 nitrogen and oxygen atoms in total. The number of carbonyl (C=O) groups is 2. The highest BCUT2D eigenvalue weighted by molar-refractivity contribution is 7.99. The maximum atomic E-state index is 12.1. The second-order valence-electron chi connectivity index (χ2n) is 6.11. The summed E-state index contributed by atoms with van der Waals surface area (Å²) < 4.78 is 0. The summed E-state index contributed by atoms with van der Waals surface area (Å²) in [6.07, 6.45) is -0.0189. The Kier molecular flexibility index (Phi) is 7.14. The minimum absolute atomic E-state index is 0.0189. The van der Waals surface area contributed by atoms with E-state index in [-0.39, 0.29) is 34.7 Å². The van der Waals surface area contributed by atoms with Gasteiger partial charge in [0.05, 0.1) is 23.6 Å². The van der Waals surface area contributed by atoms with Gasteiger partial charge in [-0.05, 0) is 12.5 Å². The molecule has 0 unspecified atom stereocenters. The first-order valence-electron chi connectivity index (χ1n) is 8.73. The van der Waals surface area contributed by atoms with Gasteiger partial charge >= 0.3 is 0 Å². The maximum Gasteiger partial charge on any atom is 0.251 e. The molecule has 0 spiro atoms. The molecule has 3 N–H and O–H groups in total. The lowest BCUT2D eigenvalue weighted by molar-refractivity contribution is -0.120. The summed E-state index contributed by atoms with van der Waals surface area (Å²) in [5.74, 6) is -0.427. The van der Waals surface area contributed by atoms with Gasteiger partial charge in [0.2, 0.25) is 11.8 Å². The molecule has 29 heavy (non-hydrogen) atoms. The molecule has 1 aromatic carbocycles. The topological polar surface area (TPSA) is 117 Å². The average Bonchev–Trinajstić information content (AvgIpc) is 3.10. The number of nitrogens with one attached hydrogen (secondary N) is 3. The molecule has 0 fully saturated rings. The van der Waals surface area contributed by atoms with Crippen LogP contribution in [0.1, 0.15) is 17.0 Å². The lowest BCUT2D eigenvalue weighted by atomic mass is 10.2. The van der Waals surface area contributed by atoms with Gasteiger partial charge in [-0.2, -0.15) is 0 Å². The number of aromatic amines is 1. The Morgan fingerprint density at radius 2 is 1.97 bits per heavy atom. The molecule has 0 aliphatic carbocycles. The molecule has 0 saturated carbocycles. The van der Waals surface area contributed by atoms with E-state index in [1.54, 1.807) is 0 Å². The Morgan fingerprint density at radius 1 is 1.17 bits per heavy atom. The number of hydrogen-bond acceptors (Lipinski definition) is 7. The Balaban J connectivity index is 1.52. The van der Waals surface area contributed by atoms with Gasteiger partial charge in [-0.1, -0.05) is 42.1 Å². The number of hydrogen-bond donors (Lipinski definition) is 3. The molecule has 0 aliphatic heterocycles. The van der Waals surface area contributed by atoms with Crippen molar-refractivity contribution in [2.24, 2.45) is 0 Å². The fourth-order valence-corrected chi connectivity index (χ4v) is 3.77. The number of aromatic nitrogens is 3. The smallest absolute Gasteiger partial charge is 0.251 e. The normalized spacial score (nSPS) is 10.5. The average molecular weight is 430 g/mol. The van der Waals surface area contributed by atoms with Crippen molar-refractivity contribution in [3.05, 3.63) is 69.1 Å². The van der Waals surface area contributed by atoms with Gasteiger partial charge in [-0.3, -0.25) is 14.4 Å². The highest BCUT2D eigenvalue weighted by Gasteiger charge is 2.11. The van der Waals surface area contributed by atoms with Crippen molar-refractivity contribution < 1.29 is 9.59 Å². The number of aryl methyl sites for hydroxylation is 1. The van der Waals surface area contributed by atoms with E-state index in [0.717, 1.165) is 23.0 Å². The van der Waals surface area contributed by atoms with Crippen molar-refractivity contribution in [3.8, 4) is 0 Å². The molecule has 0 atom stereocenters. The van der Waals surface area contributed by atoms with Gasteiger partial charge in [0.25, 0.3) is 5.56 Å². The van der Waals surface area contributed by atoms with Crippen LogP contribution in [0.25, 0.3) is 0 Å². The summed E-state index contributed by atoms with van der Waals surface area (Å²) >= 11 is 2.43. The number of nitrogens with zero attached hydrogens (tertiary/aromatic N) is 2. The third kappa shape index (κ3) is 6.84. The summed E-state index contributed by atoms with van der Waals surface area (Å²) in [6, 6.07) is 10.8. The first-order chi connectivity index (χ1) is 14.0. The van der Waals surface area contributed by atoms with Crippen molar-refractivity contribution in [2.45, 2.75) is 25.0 Å². The van der Waals surface area contributed by atoms with Crippen molar-refractivity contribution in [1.29, 1.82) is 0 Å². The minimum atomic E-state index is -0.371. The van der Waals surface area contributed by atoms with E-state index < -0.39 is 0 Å². The SMILES string of the molecule is Cc1csc(NC(=O)CSc2nc(CC(=O)NCc3ccccc3)cc(=O)[nH]2)n1. The summed E-state index contributed by atoms with van der Waals surface area (Å²) in [4.78, 5) is 47.0. The molecular formula is C19H19N5O3S2. The van der Waals surface area contributed by atoms with Crippen LogP contribution in [-0.4, -0.2) is 32.5 Å². The predicted molar refractivity (Wildman–Crippen MR) is 113 cm³/mol. The van der Waals surface area contributed by atoms with E-state index in [1.807, 2.05) is 42.6 Å². The molecule has 2 heterocycles. The molecule has 0 saturated heterocycles. The Bertz CT molecular complexity index is 1050. The third-order valence-electron chi connectivity index (χ3n) is 3.65. The summed E-state index contributed by atoms with van der Waals surface area (Å²) in [6.45, 7) is 2.25. The minimum Gasteiger partial charge on any atom is -0.352 e. The van der Waals surface area contributed by atoms with Crippen LogP contribution in [0.4, 0.5) is 5.13 Å². The molecule has 150 valence electrons. The Hall–Kier alpha value is -2.98. The number of amides is 2. The second kappa shape index (κ2) is 9.99. The molecule has 2 amide bonds. The first-order valence-corrected chi connectivity index (χ1v) is 10.6. The zero-order chi connectivity index (χ0) is 20.6. The molecule has 2 aromatic heterocycles. The number of carbonyl (C=O) groups excluding carboxylic acids is 2. The highest BCUT2D eigenvalue weighted by Crippen LogP contribution is 2.16. The van der Waals surface area contributed by atoms with E-state index in [9.17, 15) is 14.4 Å².